The van der Waals surface area contributed by atoms with Crippen molar-refractivity contribution < 1.29 is 9.59 Å². The molecule has 1 aromatic rings. The molecule has 0 N–H and O–H groups in total. The molecule has 1 fully saturated rings. The third kappa shape index (κ3) is 4.52. The standard InChI is InChI=1S/C23H39N3O2S/c1-10-11-12-16-15-26(21(2,3)4)29-19(16)24-18(27)17-13-14-23(7,22(17,5)6)20(28)25(8)9/h15,17H,10-14H2,1-9H3/t17-,23+/m1/s1. The van der Waals surface area contributed by atoms with Crippen LogP contribution in [-0.4, -0.2) is 34.8 Å². The molecular weight excluding hydrogens is 382 g/mol. The molecule has 164 valence electrons. The molecule has 0 aliphatic heterocycles. The Bertz CT molecular complexity index is 826. The van der Waals surface area contributed by atoms with Crippen molar-refractivity contribution in [2.75, 3.05) is 14.1 Å². The Labute approximate surface area is 180 Å². The van der Waals surface area contributed by atoms with Gasteiger partial charge in [0, 0.05) is 37.3 Å². The van der Waals surface area contributed by atoms with Gasteiger partial charge in [0.2, 0.25) is 5.91 Å². The topological polar surface area (TPSA) is 54.7 Å². The number of rotatable bonds is 5. The smallest absolute Gasteiger partial charge is 0.250 e. The largest absolute Gasteiger partial charge is 0.348 e. The summed E-state index contributed by atoms with van der Waals surface area (Å²) in [5, 5.41) is 0. The van der Waals surface area contributed by atoms with Crippen LogP contribution < -0.4 is 4.67 Å². The average molecular weight is 422 g/mol. The zero-order valence-corrected chi connectivity index (χ0v) is 20.6. The van der Waals surface area contributed by atoms with Crippen LogP contribution in [0.4, 0.5) is 0 Å². The Kier molecular flexibility index (Phi) is 6.88. The molecule has 2 atom stereocenters. The number of amides is 2. The first-order chi connectivity index (χ1) is 13.3. The van der Waals surface area contributed by atoms with E-state index >= 15 is 0 Å². The maximum atomic E-state index is 13.3. The molecular formula is C23H39N3O2S. The van der Waals surface area contributed by atoms with Crippen molar-refractivity contribution in [3.05, 3.63) is 16.4 Å². The number of aryl methyl sites for hydroxylation is 1. The van der Waals surface area contributed by atoms with Crippen LogP contribution in [-0.2, 0) is 21.5 Å². The van der Waals surface area contributed by atoms with Gasteiger partial charge < -0.3 is 4.90 Å². The van der Waals surface area contributed by atoms with E-state index in [2.05, 4.69) is 56.7 Å². The lowest BCUT2D eigenvalue weighted by molar-refractivity contribution is -0.145. The fourth-order valence-corrected chi connectivity index (χ4v) is 5.37. The molecule has 1 saturated carbocycles. The predicted molar refractivity (Wildman–Crippen MR) is 120 cm³/mol. The number of hydrogen-bond donors (Lipinski definition) is 0. The van der Waals surface area contributed by atoms with E-state index in [1.807, 2.05) is 6.92 Å². The highest BCUT2D eigenvalue weighted by atomic mass is 32.1. The van der Waals surface area contributed by atoms with Crippen molar-refractivity contribution in [2.45, 2.75) is 86.1 Å². The average Bonchev–Trinajstić information content (AvgIpc) is 3.11. The van der Waals surface area contributed by atoms with Gasteiger partial charge in [-0.25, -0.2) is 4.99 Å². The third-order valence-corrected chi connectivity index (χ3v) is 8.18. The van der Waals surface area contributed by atoms with Crippen LogP contribution in [0.25, 0.3) is 0 Å². The van der Waals surface area contributed by atoms with Gasteiger partial charge in [0.25, 0.3) is 5.91 Å². The lowest BCUT2D eigenvalue weighted by Crippen LogP contribution is -2.47. The highest BCUT2D eigenvalue weighted by Gasteiger charge is 2.58. The summed E-state index contributed by atoms with van der Waals surface area (Å²) < 4.78 is 3.03. The fourth-order valence-electron chi connectivity index (χ4n) is 4.32. The molecule has 0 saturated heterocycles. The van der Waals surface area contributed by atoms with Gasteiger partial charge >= 0.3 is 0 Å². The molecule has 0 bridgehead atoms. The van der Waals surface area contributed by atoms with Crippen LogP contribution in [0.3, 0.4) is 0 Å². The van der Waals surface area contributed by atoms with Crippen LogP contribution in [0, 0.1) is 16.7 Å². The van der Waals surface area contributed by atoms with E-state index < -0.39 is 10.8 Å². The quantitative estimate of drug-likeness (QED) is 0.697. The number of carbonyl (C=O) groups excluding carboxylic acids is 2. The third-order valence-electron chi connectivity index (χ3n) is 6.81. The van der Waals surface area contributed by atoms with Crippen molar-refractivity contribution in [1.29, 1.82) is 0 Å². The van der Waals surface area contributed by atoms with E-state index in [4.69, 9.17) is 0 Å². The van der Waals surface area contributed by atoms with Crippen LogP contribution in [0.5, 0.6) is 0 Å². The van der Waals surface area contributed by atoms with Gasteiger partial charge in [-0.15, -0.1) is 0 Å². The van der Waals surface area contributed by atoms with Gasteiger partial charge in [-0.2, -0.15) is 0 Å². The summed E-state index contributed by atoms with van der Waals surface area (Å²) in [5.74, 6) is -0.213. The molecule has 29 heavy (non-hydrogen) atoms. The van der Waals surface area contributed by atoms with E-state index in [9.17, 15) is 9.59 Å². The van der Waals surface area contributed by atoms with Gasteiger partial charge in [0.15, 0.2) is 0 Å². The number of nitrogens with zero attached hydrogens (tertiary/aromatic N) is 3. The van der Waals surface area contributed by atoms with E-state index in [0.717, 1.165) is 35.9 Å². The van der Waals surface area contributed by atoms with Crippen molar-refractivity contribution in [1.82, 2.24) is 8.86 Å². The first-order valence-corrected chi connectivity index (χ1v) is 11.6. The second-order valence-electron chi connectivity index (χ2n) is 10.4. The van der Waals surface area contributed by atoms with Gasteiger partial charge in [0.05, 0.1) is 5.41 Å². The predicted octanol–water partition coefficient (Wildman–Crippen LogP) is 4.61. The Morgan fingerprint density at radius 3 is 2.41 bits per heavy atom. The molecule has 1 heterocycles. The van der Waals surface area contributed by atoms with E-state index in [0.29, 0.717) is 6.42 Å². The highest BCUT2D eigenvalue weighted by Crippen LogP contribution is 2.56. The zero-order chi connectivity index (χ0) is 22.2. The van der Waals surface area contributed by atoms with Crippen LogP contribution in [0.1, 0.15) is 79.7 Å². The molecule has 1 aliphatic carbocycles. The van der Waals surface area contributed by atoms with Crippen LogP contribution >= 0.6 is 11.5 Å². The lowest BCUT2D eigenvalue weighted by Gasteiger charge is -2.40. The van der Waals surface area contributed by atoms with Crippen molar-refractivity contribution >= 4 is 23.3 Å². The normalized spacial score (nSPS) is 24.7. The molecule has 1 aromatic heterocycles. The molecule has 0 unspecified atom stereocenters. The van der Waals surface area contributed by atoms with Crippen LogP contribution in [0.2, 0.25) is 0 Å². The molecule has 0 radical (unpaired) electrons. The number of hydrogen-bond acceptors (Lipinski definition) is 3. The molecule has 1 aliphatic rings. The zero-order valence-electron chi connectivity index (χ0n) is 19.8. The summed E-state index contributed by atoms with van der Waals surface area (Å²) in [7, 11) is 3.58. The van der Waals surface area contributed by atoms with Gasteiger partial charge in [-0.1, -0.05) is 34.1 Å². The fraction of sp³-hybridized carbons (Fsp3) is 0.783. The summed E-state index contributed by atoms with van der Waals surface area (Å²) in [6.45, 7) is 14.8. The minimum atomic E-state index is -0.543. The summed E-state index contributed by atoms with van der Waals surface area (Å²) in [6, 6.07) is 0. The van der Waals surface area contributed by atoms with Gasteiger partial charge in [-0.05, 0) is 63.4 Å². The first kappa shape index (κ1) is 23.8. The van der Waals surface area contributed by atoms with Crippen molar-refractivity contribution in [3.63, 3.8) is 0 Å². The Morgan fingerprint density at radius 2 is 1.90 bits per heavy atom. The first-order valence-electron chi connectivity index (χ1n) is 10.8. The van der Waals surface area contributed by atoms with Crippen molar-refractivity contribution in [2.24, 2.45) is 21.7 Å². The summed E-state index contributed by atoms with van der Waals surface area (Å²) in [5.41, 5.74) is 0.141. The number of aromatic nitrogens is 1. The van der Waals surface area contributed by atoms with E-state index in [1.54, 1.807) is 30.5 Å². The maximum Gasteiger partial charge on any atom is 0.250 e. The SMILES string of the molecule is CCCCc1cn(C(C)(C)C)sc1=NC(=O)[C@H]1CC[C@@](C)(C(=O)N(C)C)C1(C)C. The second kappa shape index (κ2) is 8.37. The van der Waals surface area contributed by atoms with Gasteiger partial charge in [0.1, 0.15) is 4.67 Å². The van der Waals surface area contributed by atoms with Crippen molar-refractivity contribution in [3.8, 4) is 0 Å². The minimum Gasteiger partial charge on any atom is -0.348 e. The lowest BCUT2D eigenvalue weighted by atomic mass is 9.65. The number of unbranched alkanes of at least 4 members (excludes halogenated alkanes) is 1. The second-order valence-corrected chi connectivity index (χ2v) is 11.4. The molecule has 2 amide bonds. The van der Waals surface area contributed by atoms with Gasteiger partial charge in [-0.3, -0.25) is 13.5 Å². The minimum absolute atomic E-state index is 0.0359. The summed E-state index contributed by atoms with van der Waals surface area (Å²) in [4.78, 5) is 32.5. The Morgan fingerprint density at radius 1 is 1.28 bits per heavy atom. The van der Waals surface area contributed by atoms with E-state index in [1.165, 1.54) is 0 Å². The monoisotopic (exact) mass is 421 g/mol. The molecule has 6 heteroatoms. The summed E-state index contributed by atoms with van der Waals surface area (Å²) in [6.07, 6.45) is 6.72. The van der Waals surface area contributed by atoms with E-state index in [-0.39, 0.29) is 23.3 Å². The summed E-state index contributed by atoms with van der Waals surface area (Å²) >= 11 is 1.57. The molecule has 0 aromatic carbocycles. The van der Waals surface area contributed by atoms with Crippen LogP contribution in [0.15, 0.2) is 11.2 Å². The molecule has 2 rings (SSSR count). The highest BCUT2D eigenvalue weighted by molar-refractivity contribution is 7.04. The Hall–Kier alpha value is -1.43. The molecule has 0 spiro atoms. The number of carbonyl (C=O) groups is 2. The Balaban J connectivity index is 2.42. The maximum absolute atomic E-state index is 13.3. The molecule has 5 nitrogen and oxygen atoms in total.